The van der Waals surface area contributed by atoms with Crippen molar-refractivity contribution in [2.75, 3.05) is 25.5 Å². The van der Waals surface area contributed by atoms with Crippen LogP contribution in [0.15, 0.2) is 18.2 Å². The smallest absolute Gasteiger partial charge is 0.321 e. The highest BCUT2D eigenvalue weighted by atomic mass is 35.5. The second-order valence-corrected chi connectivity index (χ2v) is 7.95. The molecular formula is C18H26ClN3O2. The van der Waals surface area contributed by atoms with Gasteiger partial charge in [0, 0.05) is 38.0 Å². The zero-order valence-electron chi connectivity index (χ0n) is 15.0. The lowest BCUT2D eigenvalue weighted by Gasteiger charge is -2.32. The van der Waals surface area contributed by atoms with Crippen LogP contribution in [0.1, 0.15) is 32.8 Å². The predicted molar refractivity (Wildman–Crippen MR) is 97.4 cm³/mol. The Balaban J connectivity index is 1.95. The number of carbonyl (C=O) groups excluding carboxylic acids is 2. The SMILES string of the molecule is Cc1ccc(Cl)c(NC(=O)N(C)CC2CC(=O)N(C(C)(C)C)C2)c1. The maximum atomic E-state index is 12.4. The molecule has 1 saturated heterocycles. The van der Waals surface area contributed by atoms with Gasteiger partial charge in [-0.15, -0.1) is 0 Å². The van der Waals surface area contributed by atoms with E-state index >= 15 is 0 Å². The highest BCUT2D eigenvalue weighted by Crippen LogP contribution is 2.27. The van der Waals surface area contributed by atoms with Crippen LogP contribution in [-0.2, 0) is 4.79 Å². The van der Waals surface area contributed by atoms with E-state index in [1.807, 2.05) is 44.7 Å². The molecule has 0 saturated carbocycles. The standard InChI is InChI=1S/C18H26ClN3O2/c1-12-6-7-14(19)15(8-12)20-17(24)21(5)10-13-9-16(23)22(11-13)18(2,3)4/h6-8,13H,9-11H2,1-5H3,(H,20,24). The van der Waals surface area contributed by atoms with E-state index < -0.39 is 0 Å². The predicted octanol–water partition coefficient (Wildman–Crippen LogP) is 3.76. The monoisotopic (exact) mass is 351 g/mol. The Bertz CT molecular complexity index is 640. The van der Waals surface area contributed by atoms with Gasteiger partial charge in [0.1, 0.15) is 0 Å². The third-order valence-electron chi connectivity index (χ3n) is 4.26. The molecule has 1 unspecified atom stereocenters. The van der Waals surface area contributed by atoms with Gasteiger partial charge in [0.05, 0.1) is 10.7 Å². The molecule has 1 aromatic rings. The van der Waals surface area contributed by atoms with E-state index in [0.29, 0.717) is 30.2 Å². The Labute approximate surface area is 149 Å². The summed E-state index contributed by atoms with van der Waals surface area (Å²) in [4.78, 5) is 28.0. The molecule has 1 aromatic carbocycles. The Kier molecular flexibility index (Phi) is 5.43. The van der Waals surface area contributed by atoms with Crippen LogP contribution in [0, 0.1) is 12.8 Å². The fraction of sp³-hybridized carbons (Fsp3) is 0.556. The first-order chi connectivity index (χ1) is 11.1. The van der Waals surface area contributed by atoms with Crippen LogP contribution < -0.4 is 5.32 Å². The second-order valence-electron chi connectivity index (χ2n) is 7.54. The minimum absolute atomic E-state index is 0.153. The summed E-state index contributed by atoms with van der Waals surface area (Å²) >= 11 is 6.12. The number of amides is 3. The molecule has 1 atom stereocenters. The average Bonchev–Trinajstić information content (AvgIpc) is 2.83. The summed E-state index contributed by atoms with van der Waals surface area (Å²) in [5.74, 6) is 0.309. The summed E-state index contributed by atoms with van der Waals surface area (Å²) in [6.45, 7) is 9.26. The molecule has 132 valence electrons. The maximum Gasteiger partial charge on any atom is 0.321 e. The third-order valence-corrected chi connectivity index (χ3v) is 4.59. The van der Waals surface area contributed by atoms with Gasteiger partial charge < -0.3 is 15.1 Å². The van der Waals surface area contributed by atoms with Crippen molar-refractivity contribution >= 4 is 29.2 Å². The largest absolute Gasteiger partial charge is 0.337 e. The van der Waals surface area contributed by atoms with Gasteiger partial charge in [0.25, 0.3) is 0 Å². The number of nitrogens with one attached hydrogen (secondary N) is 1. The van der Waals surface area contributed by atoms with Gasteiger partial charge in [-0.2, -0.15) is 0 Å². The molecule has 2 rings (SSSR count). The number of aryl methyl sites for hydroxylation is 1. The van der Waals surface area contributed by atoms with Crippen LogP contribution in [0.2, 0.25) is 5.02 Å². The first-order valence-electron chi connectivity index (χ1n) is 8.16. The van der Waals surface area contributed by atoms with Gasteiger partial charge in [0.2, 0.25) is 5.91 Å². The van der Waals surface area contributed by atoms with Crippen molar-refractivity contribution in [3.8, 4) is 0 Å². The van der Waals surface area contributed by atoms with Crippen molar-refractivity contribution in [2.24, 2.45) is 5.92 Å². The highest BCUT2D eigenvalue weighted by Gasteiger charge is 2.36. The summed E-state index contributed by atoms with van der Waals surface area (Å²) in [5, 5.41) is 3.35. The van der Waals surface area contributed by atoms with E-state index in [2.05, 4.69) is 5.32 Å². The Morgan fingerprint density at radius 1 is 1.42 bits per heavy atom. The molecule has 5 nitrogen and oxygen atoms in total. The minimum Gasteiger partial charge on any atom is -0.337 e. The zero-order valence-corrected chi connectivity index (χ0v) is 15.8. The number of benzene rings is 1. The highest BCUT2D eigenvalue weighted by molar-refractivity contribution is 6.33. The van der Waals surface area contributed by atoms with Crippen molar-refractivity contribution in [3.63, 3.8) is 0 Å². The number of hydrogen-bond donors (Lipinski definition) is 1. The molecule has 0 spiro atoms. The number of carbonyl (C=O) groups is 2. The van der Waals surface area contributed by atoms with Gasteiger partial charge in [-0.3, -0.25) is 4.79 Å². The fourth-order valence-electron chi connectivity index (χ4n) is 2.97. The van der Waals surface area contributed by atoms with E-state index in [1.165, 1.54) is 0 Å². The first-order valence-corrected chi connectivity index (χ1v) is 8.54. The van der Waals surface area contributed by atoms with E-state index in [-0.39, 0.29) is 23.4 Å². The summed E-state index contributed by atoms with van der Waals surface area (Å²) in [6, 6.07) is 5.29. The van der Waals surface area contributed by atoms with E-state index in [4.69, 9.17) is 11.6 Å². The molecule has 0 radical (unpaired) electrons. The van der Waals surface area contributed by atoms with Crippen LogP contribution in [0.4, 0.5) is 10.5 Å². The van der Waals surface area contributed by atoms with Gasteiger partial charge in [-0.25, -0.2) is 4.79 Å². The number of urea groups is 1. The number of halogens is 1. The number of likely N-dealkylation sites (tertiary alicyclic amines) is 1. The molecule has 0 aromatic heterocycles. The van der Waals surface area contributed by atoms with Crippen LogP contribution in [0.25, 0.3) is 0 Å². The molecule has 1 aliphatic rings. The van der Waals surface area contributed by atoms with Gasteiger partial charge in [-0.1, -0.05) is 17.7 Å². The number of rotatable bonds is 3. The zero-order chi connectivity index (χ0) is 18.1. The summed E-state index contributed by atoms with van der Waals surface area (Å²) in [7, 11) is 1.74. The van der Waals surface area contributed by atoms with Crippen LogP contribution in [0.3, 0.4) is 0 Å². The second kappa shape index (κ2) is 7.01. The molecule has 1 fully saturated rings. The molecule has 0 aliphatic carbocycles. The lowest BCUT2D eigenvalue weighted by atomic mass is 10.1. The van der Waals surface area contributed by atoms with Gasteiger partial charge in [-0.05, 0) is 45.4 Å². The average molecular weight is 352 g/mol. The molecule has 24 heavy (non-hydrogen) atoms. The number of anilines is 1. The van der Waals surface area contributed by atoms with E-state index in [1.54, 1.807) is 18.0 Å². The Hall–Kier alpha value is -1.75. The molecule has 6 heteroatoms. The van der Waals surface area contributed by atoms with Crippen LogP contribution in [0.5, 0.6) is 0 Å². The minimum atomic E-state index is -0.218. The maximum absolute atomic E-state index is 12.4. The Morgan fingerprint density at radius 2 is 2.08 bits per heavy atom. The fourth-order valence-corrected chi connectivity index (χ4v) is 3.13. The topological polar surface area (TPSA) is 52.7 Å². The summed E-state index contributed by atoms with van der Waals surface area (Å²) < 4.78 is 0. The normalized spacial score (nSPS) is 18.0. The van der Waals surface area contributed by atoms with Crippen LogP contribution in [-0.4, -0.2) is 47.4 Å². The lowest BCUT2D eigenvalue weighted by molar-refractivity contribution is -0.131. The van der Waals surface area contributed by atoms with Gasteiger partial charge in [0.15, 0.2) is 0 Å². The third kappa shape index (κ3) is 4.41. The quantitative estimate of drug-likeness (QED) is 0.901. The summed E-state index contributed by atoms with van der Waals surface area (Å²) in [6.07, 6.45) is 0.486. The summed E-state index contributed by atoms with van der Waals surface area (Å²) in [5.41, 5.74) is 1.45. The molecule has 3 amide bonds. The first kappa shape index (κ1) is 18.6. The van der Waals surface area contributed by atoms with Crippen molar-refractivity contribution in [1.29, 1.82) is 0 Å². The van der Waals surface area contributed by atoms with Crippen LogP contribution >= 0.6 is 11.6 Å². The Morgan fingerprint density at radius 3 is 2.67 bits per heavy atom. The number of hydrogen-bond acceptors (Lipinski definition) is 2. The lowest BCUT2D eigenvalue weighted by Crippen LogP contribution is -2.43. The molecule has 1 N–H and O–H groups in total. The van der Waals surface area contributed by atoms with Gasteiger partial charge >= 0.3 is 6.03 Å². The molecule has 0 bridgehead atoms. The van der Waals surface area contributed by atoms with Crippen molar-refractivity contribution in [1.82, 2.24) is 9.80 Å². The van der Waals surface area contributed by atoms with Crippen molar-refractivity contribution < 1.29 is 9.59 Å². The van der Waals surface area contributed by atoms with E-state index in [0.717, 1.165) is 5.56 Å². The van der Waals surface area contributed by atoms with Crippen molar-refractivity contribution in [2.45, 2.75) is 39.7 Å². The number of nitrogens with zero attached hydrogens (tertiary/aromatic N) is 2. The van der Waals surface area contributed by atoms with Crippen molar-refractivity contribution in [3.05, 3.63) is 28.8 Å². The molecule has 1 heterocycles. The molecular weight excluding hydrogens is 326 g/mol. The molecule has 1 aliphatic heterocycles. The van der Waals surface area contributed by atoms with E-state index in [9.17, 15) is 9.59 Å².